The lowest BCUT2D eigenvalue weighted by molar-refractivity contribution is 0.00722. The molecule has 1 aliphatic rings. The predicted octanol–water partition coefficient (Wildman–Crippen LogP) is 3.08. The summed E-state index contributed by atoms with van der Waals surface area (Å²) in [5.74, 6) is 0. The molecule has 0 saturated carbocycles. The Morgan fingerprint density at radius 1 is 1.17 bits per heavy atom. The standard InChI is InChI=1S/C19H21N3O2/c1-2-7-20-17(4-1)15-24-19-12-21(10-16-6-9-23-14-16)11-18-5-3-8-22(18)13-19/h1-9,14,19H,10-13,15H2/t19-/m0/s1. The van der Waals surface area contributed by atoms with E-state index in [9.17, 15) is 0 Å². The van der Waals surface area contributed by atoms with Crippen LogP contribution in [0.3, 0.4) is 0 Å². The summed E-state index contributed by atoms with van der Waals surface area (Å²) in [6.07, 6.45) is 7.61. The molecule has 0 aliphatic carbocycles. The first-order valence-corrected chi connectivity index (χ1v) is 8.26. The van der Waals surface area contributed by atoms with E-state index in [0.717, 1.165) is 31.9 Å². The van der Waals surface area contributed by atoms with E-state index in [1.54, 1.807) is 12.5 Å². The largest absolute Gasteiger partial charge is 0.472 e. The Kier molecular flexibility index (Phi) is 4.44. The quantitative estimate of drug-likeness (QED) is 0.724. The third kappa shape index (κ3) is 3.58. The molecule has 0 radical (unpaired) electrons. The van der Waals surface area contributed by atoms with Gasteiger partial charge < -0.3 is 13.7 Å². The Morgan fingerprint density at radius 2 is 2.17 bits per heavy atom. The molecule has 0 N–H and O–H groups in total. The third-order valence-corrected chi connectivity index (χ3v) is 4.35. The Hall–Kier alpha value is -2.37. The van der Waals surface area contributed by atoms with Crippen LogP contribution < -0.4 is 0 Å². The maximum Gasteiger partial charge on any atom is 0.0947 e. The molecule has 1 aliphatic heterocycles. The highest BCUT2D eigenvalue weighted by Crippen LogP contribution is 2.18. The van der Waals surface area contributed by atoms with Gasteiger partial charge in [-0.1, -0.05) is 6.07 Å². The Balaban J connectivity index is 1.46. The van der Waals surface area contributed by atoms with Crippen LogP contribution in [0.2, 0.25) is 0 Å². The van der Waals surface area contributed by atoms with Crippen LogP contribution in [0.1, 0.15) is 17.0 Å². The Morgan fingerprint density at radius 3 is 3.00 bits per heavy atom. The monoisotopic (exact) mass is 323 g/mol. The van der Waals surface area contributed by atoms with Crippen molar-refractivity contribution in [3.05, 3.63) is 78.3 Å². The summed E-state index contributed by atoms with van der Waals surface area (Å²) in [4.78, 5) is 6.75. The molecule has 0 fully saturated rings. The van der Waals surface area contributed by atoms with Gasteiger partial charge in [0.05, 0.1) is 30.9 Å². The summed E-state index contributed by atoms with van der Waals surface area (Å²) in [7, 11) is 0. The van der Waals surface area contributed by atoms with Gasteiger partial charge in [0, 0.05) is 49.8 Å². The second-order valence-electron chi connectivity index (χ2n) is 6.21. The number of rotatable bonds is 5. The molecule has 3 aromatic heterocycles. The van der Waals surface area contributed by atoms with Gasteiger partial charge in [0.2, 0.25) is 0 Å². The lowest BCUT2D eigenvalue weighted by atomic mass is 10.2. The van der Waals surface area contributed by atoms with Crippen molar-refractivity contribution < 1.29 is 9.15 Å². The molecule has 5 nitrogen and oxygen atoms in total. The van der Waals surface area contributed by atoms with E-state index in [0.29, 0.717) is 6.61 Å². The van der Waals surface area contributed by atoms with E-state index < -0.39 is 0 Å². The first-order chi connectivity index (χ1) is 11.9. The highest BCUT2D eigenvalue weighted by Gasteiger charge is 2.22. The maximum atomic E-state index is 6.18. The van der Waals surface area contributed by atoms with Crippen molar-refractivity contribution in [2.24, 2.45) is 0 Å². The first-order valence-electron chi connectivity index (χ1n) is 8.26. The number of hydrogen-bond acceptors (Lipinski definition) is 4. The normalized spacial score (nSPS) is 18.2. The molecule has 24 heavy (non-hydrogen) atoms. The van der Waals surface area contributed by atoms with E-state index in [4.69, 9.17) is 9.15 Å². The van der Waals surface area contributed by atoms with E-state index >= 15 is 0 Å². The van der Waals surface area contributed by atoms with Crippen molar-refractivity contribution in [1.29, 1.82) is 0 Å². The van der Waals surface area contributed by atoms with Crippen LogP contribution in [0.5, 0.6) is 0 Å². The van der Waals surface area contributed by atoms with E-state index in [2.05, 4.69) is 32.8 Å². The molecule has 3 aromatic rings. The van der Waals surface area contributed by atoms with Gasteiger partial charge in [-0.25, -0.2) is 0 Å². The van der Waals surface area contributed by atoms with Gasteiger partial charge in [-0.05, 0) is 30.3 Å². The van der Waals surface area contributed by atoms with E-state index in [-0.39, 0.29) is 6.10 Å². The summed E-state index contributed by atoms with van der Waals surface area (Å²) in [5.41, 5.74) is 3.48. The molecule has 0 spiro atoms. The van der Waals surface area contributed by atoms with Crippen molar-refractivity contribution in [2.75, 3.05) is 6.54 Å². The molecule has 0 aromatic carbocycles. The Labute approximate surface area is 141 Å². The summed E-state index contributed by atoms with van der Waals surface area (Å²) in [6.45, 7) is 4.09. The molecular formula is C19H21N3O2. The lowest BCUT2D eigenvalue weighted by Gasteiger charge is -2.23. The number of pyridine rings is 1. The van der Waals surface area contributed by atoms with Crippen LogP contribution >= 0.6 is 0 Å². The lowest BCUT2D eigenvalue weighted by Crippen LogP contribution is -2.32. The number of furan rings is 1. The molecular weight excluding hydrogens is 302 g/mol. The SMILES string of the molecule is c1ccc(CO[C@H]2CN(Cc3ccoc3)Cc3cccn3C2)nc1. The zero-order chi connectivity index (χ0) is 16.2. The minimum absolute atomic E-state index is 0.132. The summed E-state index contributed by atoms with van der Waals surface area (Å²) < 4.78 is 13.7. The number of aromatic nitrogens is 2. The number of ether oxygens (including phenoxy) is 1. The fraction of sp³-hybridized carbons (Fsp3) is 0.316. The van der Waals surface area contributed by atoms with Crippen molar-refractivity contribution in [2.45, 2.75) is 32.3 Å². The molecule has 4 rings (SSSR count). The predicted molar refractivity (Wildman–Crippen MR) is 90.1 cm³/mol. The van der Waals surface area contributed by atoms with Gasteiger partial charge in [0.15, 0.2) is 0 Å². The molecule has 0 amide bonds. The van der Waals surface area contributed by atoms with Gasteiger partial charge in [0.1, 0.15) is 0 Å². The highest BCUT2D eigenvalue weighted by atomic mass is 16.5. The van der Waals surface area contributed by atoms with Crippen LogP contribution in [0.25, 0.3) is 0 Å². The smallest absolute Gasteiger partial charge is 0.0947 e. The average Bonchev–Trinajstić information content (AvgIpc) is 3.23. The molecule has 5 heteroatoms. The molecule has 1 atom stereocenters. The van der Waals surface area contributed by atoms with Crippen LogP contribution in [0, 0.1) is 0 Å². The number of fused-ring (bicyclic) bond motifs is 1. The second kappa shape index (κ2) is 7.03. The van der Waals surface area contributed by atoms with Gasteiger partial charge in [0.25, 0.3) is 0 Å². The van der Waals surface area contributed by atoms with Crippen molar-refractivity contribution in [3.63, 3.8) is 0 Å². The maximum absolute atomic E-state index is 6.18. The highest BCUT2D eigenvalue weighted by molar-refractivity contribution is 5.11. The fourth-order valence-corrected chi connectivity index (χ4v) is 3.18. The summed E-state index contributed by atoms with van der Waals surface area (Å²) in [6, 6.07) is 12.2. The Bertz CT molecular complexity index is 752. The fourth-order valence-electron chi connectivity index (χ4n) is 3.18. The van der Waals surface area contributed by atoms with Gasteiger partial charge in [-0.3, -0.25) is 9.88 Å². The van der Waals surface area contributed by atoms with Crippen LogP contribution in [0.4, 0.5) is 0 Å². The van der Waals surface area contributed by atoms with Crippen molar-refractivity contribution >= 4 is 0 Å². The summed E-state index contributed by atoms with van der Waals surface area (Å²) in [5, 5.41) is 0. The topological polar surface area (TPSA) is 43.4 Å². The third-order valence-electron chi connectivity index (χ3n) is 4.35. The first kappa shape index (κ1) is 15.2. The van der Waals surface area contributed by atoms with E-state index in [1.165, 1.54) is 11.3 Å². The van der Waals surface area contributed by atoms with Gasteiger partial charge >= 0.3 is 0 Å². The van der Waals surface area contributed by atoms with Crippen molar-refractivity contribution in [3.8, 4) is 0 Å². The molecule has 0 unspecified atom stereocenters. The minimum atomic E-state index is 0.132. The van der Waals surface area contributed by atoms with Gasteiger partial charge in [-0.2, -0.15) is 0 Å². The second-order valence-corrected chi connectivity index (χ2v) is 6.21. The van der Waals surface area contributed by atoms with E-state index in [1.807, 2.05) is 30.5 Å². The molecule has 0 saturated heterocycles. The van der Waals surface area contributed by atoms with Crippen LogP contribution in [-0.2, 0) is 31.0 Å². The minimum Gasteiger partial charge on any atom is -0.472 e. The van der Waals surface area contributed by atoms with Crippen molar-refractivity contribution in [1.82, 2.24) is 14.5 Å². The molecule has 0 bridgehead atoms. The van der Waals surface area contributed by atoms with Gasteiger partial charge in [-0.15, -0.1) is 0 Å². The zero-order valence-corrected chi connectivity index (χ0v) is 13.5. The van der Waals surface area contributed by atoms with Crippen LogP contribution in [-0.4, -0.2) is 27.1 Å². The van der Waals surface area contributed by atoms with Crippen LogP contribution in [0.15, 0.2) is 65.7 Å². The number of nitrogens with zero attached hydrogens (tertiary/aromatic N) is 3. The molecule has 4 heterocycles. The average molecular weight is 323 g/mol. The molecule has 124 valence electrons. The summed E-state index contributed by atoms with van der Waals surface area (Å²) >= 11 is 0. The number of hydrogen-bond donors (Lipinski definition) is 0. The zero-order valence-electron chi connectivity index (χ0n) is 13.5.